The van der Waals surface area contributed by atoms with Gasteiger partial charge in [0.15, 0.2) is 0 Å². The monoisotopic (exact) mass is 321 g/mol. The fourth-order valence-electron chi connectivity index (χ4n) is 2.12. The van der Waals surface area contributed by atoms with Crippen LogP contribution in [0.3, 0.4) is 0 Å². The van der Waals surface area contributed by atoms with E-state index in [9.17, 15) is 9.90 Å². The molecule has 0 amide bonds. The van der Waals surface area contributed by atoms with E-state index in [0.29, 0.717) is 24.4 Å². The van der Waals surface area contributed by atoms with Gasteiger partial charge >= 0.3 is 5.97 Å². The standard InChI is InChI=1S/C15H19N3O3S/c1-2-18(9-10-19)8-6-12-17-13(14(22-12)15(20)21)11-5-3-4-7-16-11/h3-5,7,19H,2,6,8-10H2,1H3,(H,20,21). The number of pyridine rings is 1. The Morgan fingerprint density at radius 2 is 2.18 bits per heavy atom. The summed E-state index contributed by atoms with van der Waals surface area (Å²) in [4.78, 5) is 22.4. The Labute approximate surface area is 133 Å². The minimum absolute atomic E-state index is 0.116. The van der Waals surface area contributed by atoms with Gasteiger partial charge in [-0.3, -0.25) is 4.98 Å². The molecule has 6 nitrogen and oxygen atoms in total. The molecule has 0 saturated heterocycles. The van der Waals surface area contributed by atoms with Crippen LogP contribution in [-0.2, 0) is 6.42 Å². The lowest BCUT2D eigenvalue weighted by Crippen LogP contribution is -2.28. The van der Waals surface area contributed by atoms with E-state index in [-0.39, 0.29) is 11.5 Å². The van der Waals surface area contributed by atoms with Crippen molar-refractivity contribution in [3.63, 3.8) is 0 Å². The number of carbonyl (C=O) groups is 1. The second-order valence-corrected chi connectivity index (χ2v) is 5.80. The maximum atomic E-state index is 11.4. The number of aromatic nitrogens is 2. The fourth-order valence-corrected chi connectivity index (χ4v) is 3.02. The molecule has 2 aromatic heterocycles. The summed E-state index contributed by atoms with van der Waals surface area (Å²) >= 11 is 1.19. The molecule has 0 unspecified atom stereocenters. The third-order valence-electron chi connectivity index (χ3n) is 3.28. The number of thiazole rings is 1. The lowest BCUT2D eigenvalue weighted by atomic mass is 10.2. The smallest absolute Gasteiger partial charge is 0.348 e. The number of likely N-dealkylation sites (N-methyl/N-ethyl adjacent to an activating group) is 1. The molecule has 0 aromatic carbocycles. The van der Waals surface area contributed by atoms with Crippen molar-refractivity contribution in [1.29, 1.82) is 0 Å². The van der Waals surface area contributed by atoms with Crippen LogP contribution in [0.15, 0.2) is 24.4 Å². The minimum atomic E-state index is -0.980. The first-order chi connectivity index (χ1) is 10.7. The van der Waals surface area contributed by atoms with Gasteiger partial charge in [0.1, 0.15) is 10.6 Å². The summed E-state index contributed by atoms with van der Waals surface area (Å²) in [5, 5.41) is 19.1. The topological polar surface area (TPSA) is 86.5 Å². The van der Waals surface area contributed by atoms with Crippen molar-refractivity contribution in [2.45, 2.75) is 13.3 Å². The number of rotatable bonds is 8. The summed E-state index contributed by atoms with van der Waals surface area (Å²) in [6.07, 6.45) is 2.28. The van der Waals surface area contributed by atoms with Crippen molar-refractivity contribution < 1.29 is 15.0 Å². The zero-order chi connectivity index (χ0) is 15.9. The zero-order valence-corrected chi connectivity index (χ0v) is 13.2. The fraction of sp³-hybridized carbons (Fsp3) is 0.400. The first-order valence-electron chi connectivity index (χ1n) is 7.13. The van der Waals surface area contributed by atoms with Crippen LogP contribution in [0.2, 0.25) is 0 Å². The third kappa shape index (κ3) is 4.09. The number of hydrogen-bond acceptors (Lipinski definition) is 6. The Morgan fingerprint density at radius 1 is 1.36 bits per heavy atom. The molecule has 0 aliphatic carbocycles. The lowest BCUT2D eigenvalue weighted by molar-refractivity contribution is 0.0702. The van der Waals surface area contributed by atoms with Crippen molar-refractivity contribution in [3.8, 4) is 11.4 Å². The quantitative estimate of drug-likeness (QED) is 0.770. The molecule has 2 N–H and O–H groups in total. The van der Waals surface area contributed by atoms with Gasteiger partial charge in [0.2, 0.25) is 0 Å². The number of carboxylic acids is 1. The maximum Gasteiger partial charge on any atom is 0.348 e. The predicted molar refractivity (Wildman–Crippen MR) is 85.2 cm³/mol. The van der Waals surface area contributed by atoms with Gasteiger partial charge in [0, 0.05) is 25.7 Å². The summed E-state index contributed by atoms with van der Waals surface area (Å²) in [6.45, 7) is 4.33. The van der Waals surface area contributed by atoms with Gasteiger partial charge in [0.25, 0.3) is 0 Å². The van der Waals surface area contributed by atoms with E-state index in [1.165, 1.54) is 11.3 Å². The van der Waals surface area contributed by atoms with Crippen LogP contribution in [0, 0.1) is 0 Å². The Balaban J connectivity index is 2.19. The Kier molecular flexibility index (Phi) is 6.00. The Bertz CT molecular complexity index is 616. The largest absolute Gasteiger partial charge is 0.477 e. The van der Waals surface area contributed by atoms with Crippen molar-refractivity contribution >= 4 is 17.3 Å². The summed E-state index contributed by atoms with van der Waals surface area (Å²) < 4.78 is 0. The average Bonchev–Trinajstić information content (AvgIpc) is 2.97. The molecule has 0 atom stereocenters. The van der Waals surface area contributed by atoms with Crippen LogP contribution in [0.25, 0.3) is 11.4 Å². The van der Waals surface area contributed by atoms with Crippen LogP contribution in [0.1, 0.15) is 21.6 Å². The Hall–Kier alpha value is -1.83. The van der Waals surface area contributed by atoms with Gasteiger partial charge < -0.3 is 15.1 Å². The van der Waals surface area contributed by atoms with Gasteiger partial charge in [-0.1, -0.05) is 13.0 Å². The van der Waals surface area contributed by atoms with Crippen LogP contribution < -0.4 is 0 Å². The lowest BCUT2D eigenvalue weighted by Gasteiger charge is -2.17. The number of nitrogens with zero attached hydrogens (tertiary/aromatic N) is 3. The maximum absolute atomic E-state index is 11.4. The number of aromatic carboxylic acids is 1. The van der Waals surface area contributed by atoms with Crippen molar-refractivity contribution in [1.82, 2.24) is 14.9 Å². The molecule has 0 radical (unpaired) electrons. The molecule has 0 aliphatic heterocycles. The molecule has 118 valence electrons. The van der Waals surface area contributed by atoms with E-state index in [2.05, 4.69) is 14.9 Å². The van der Waals surface area contributed by atoms with E-state index < -0.39 is 5.97 Å². The molecule has 7 heteroatoms. The van der Waals surface area contributed by atoms with Gasteiger partial charge in [-0.05, 0) is 18.7 Å². The van der Waals surface area contributed by atoms with E-state index in [0.717, 1.165) is 18.1 Å². The SMILES string of the molecule is CCN(CCO)CCc1nc(-c2ccccn2)c(C(=O)O)s1. The third-order valence-corrected chi connectivity index (χ3v) is 4.38. The van der Waals surface area contributed by atoms with Crippen molar-refractivity contribution in [3.05, 3.63) is 34.3 Å². The highest BCUT2D eigenvalue weighted by molar-refractivity contribution is 7.14. The van der Waals surface area contributed by atoms with Crippen molar-refractivity contribution in [2.75, 3.05) is 26.2 Å². The van der Waals surface area contributed by atoms with Gasteiger partial charge in [-0.15, -0.1) is 11.3 Å². The summed E-state index contributed by atoms with van der Waals surface area (Å²) in [5.74, 6) is -0.980. The second kappa shape index (κ2) is 7.98. The normalized spacial score (nSPS) is 11.0. The minimum Gasteiger partial charge on any atom is -0.477 e. The highest BCUT2D eigenvalue weighted by Crippen LogP contribution is 2.27. The number of hydrogen-bond donors (Lipinski definition) is 2. The predicted octanol–water partition coefficient (Wildman–Crippen LogP) is 1.76. The van der Waals surface area contributed by atoms with E-state index >= 15 is 0 Å². The molecule has 0 bridgehead atoms. The molecule has 22 heavy (non-hydrogen) atoms. The second-order valence-electron chi connectivity index (χ2n) is 4.71. The highest BCUT2D eigenvalue weighted by Gasteiger charge is 2.19. The van der Waals surface area contributed by atoms with Gasteiger partial charge in [0.05, 0.1) is 17.3 Å². The molecule has 2 rings (SSSR count). The molecular weight excluding hydrogens is 302 g/mol. The summed E-state index contributed by atoms with van der Waals surface area (Å²) in [5.41, 5.74) is 1.00. The molecule has 0 saturated carbocycles. The number of carboxylic acid groups (broad SMARTS) is 1. The average molecular weight is 321 g/mol. The molecular formula is C15H19N3O3S. The van der Waals surface area contributed by atoms with Gasteiger partial charge in [-0.2, -0.15) is 0 Å². The highest BCUT2D eigenvalue weighted by atomic mass is 32.1. The number of aliphatic hydroxyl groups is 1. The number of aliphatic hydroxyl groups excluding tert-OH is 1. The first-order valence-corrected chi connectivity index (χ1v) is 7.95. The van der Waals surface area contributed by atoms with E-state index in [4.69, 9.17) is 5.11 Å². The van der Waals surface area contributed by atoms with Crippen LogP contribution in [-0.4, -0.2) is 57.3 Å². The van der Waals surface area contributed by atoms with Crippen molar-refractivity contribution in [2.24, 2.45) is 0 Å². The van der Waals surface area contributed by atoms with Crippen LogP contribution >= 0.6 is 11.3 Å². The Morgan fingerprint density at radius 3 is 2.77 bits per heavy atom. The van der Waals surface area contributed by atoms with Gasteiger partial charge in [-0.25, -0.2) is 9.78 Å². The summed E-state index contributed by atoms with van der Waals surface area (Å²) in [7, 11) is 0. The molecule has 0 spiro atoms. The van der Waals surface area contributed by atoms with Crippen LogP contribution in [0.4, 0.5) is 0 Å². The van der Waals surface area contributed by atoms with E-state index in [1.807, 2.05) is 13.0 Å². The summed E-state index contributed by atoms with van der Waals surface area (Å²) in [6, 6.07) is 5.35. The van der Waals surface area contributed by atoms with Crippen LogP contribution in [0.5, 0.6) is 0 Å². The molecule has 2 heterocycles. The first kappa shape index (κ1) is 16.5. The molecule has 0 fully saturated rings. The molecule has 0 aliphatic rings. The van der Waals surface area contributed by atoms with E-state index in [1.54, 1.807) is 18.3 Å². The molecule has 2 aromatic rings. The zero-order valence-electron chi connectivity index (χ0n) is 12.4.